The Balaban J connectivity index is 2.11. The molecule has 100 valence electrons. The second-order valence-electron chi connectivity index (χ2n) is 4.57. The van der Waals surface area contributed by atoms with Gasteiger partial charge in [-0.1, -0.05) is 30.3 Å². The van der Waals surface area contributed by atoms with Crippen molar-refractivity contribution in [2.45, 2.75) is 25.3 Å². The quantitative estimate of drug-likeness (QED) is 0.769. The van der Waals surface area contributed by atoms with E-state index >= 15 is 0 Å². The number of carbonyl (C=O) groups is 2. The molecule has 0 aliphatic carbocycles. The Bertz CT molecular complexity index is 491. The first-order chi connectivity index (χ1) is 9.16. The van der Waals surface area contributed by atoms with E-state index in [1.807, 2.05) is 30.3 Å². The highest BCUT2D eigenvalue weighted by Crippen LogP contribution is 2.08. The first-order valence-electron chi connectivity index (χ1n) is 6.35. The van der Waals surface area contributed by atoms with E-state index in [9.17, 15) is 9.59 Å². The van der Waals surface area contributed by atoms with E-state index in [1.165, 1.54) is 0 Å². The molecular formula is C14H17N3O2. The molecule has 2 rings (SSSR count). The Morgan fingerprint density at radius 2 is 2.05 bits per heavy atom. The van der Waals surface area contributed by atoms with Gasteiger partial charge in [-0.2, -0.15) is 0 Å². The van der Waals surface area contributed by atoms with Crippen LogP contribution in [0, 0.1) is 0 Å². The van der Waals surface area contributed by atoms with Crippen molar-refractivity contribution in [1.29, 1.82) is 0 Å². The molecular weight excluding hydrogens is 242 g/mol. The molecule has 0 saturated carbocycles. The van der Waals surface area contributed by atoms with Crippen LogP contribution in [0.3, 0.4) is 0 Å². The van der Waals surface area contributed by atoms with Crippen LogP contribution in [-0.2, 0) is 16.0 Å². The normalized spacial score (nSPS) is 19.4. The van der Waals surface area contributed by atoms with Crippen molar-refractivity contribution in [3.63, 3.8) is 0 Å². The summed E-state index contributed by atoms with van der Waals surface area (Å²) in [5, 5.41) is 3.06. The third kappa shape index (κ3) is 3.72. The van der Waals surface area contributed by atoms with E-state index in [4.69, 9.17) is 5.73 Å². The SMILES string of the molecule is NC(=O)C(Cc1ccccc1)=NC(=O)[C@H]1CCCN1. The summed E-state index contributed by atoms with van der Waals surface area (Å²) in [5.41, 5.74) is 6.31. The number of rotatable bonds is 4. The maximum atomic E-state index is 11.9. The minimum Gasteiger partial charge on any atom is -0.365 e. The minimum absolute atomic E-state index is 0.116. The van der Waals surface area contributed by atoms with Gasteiger partial charge in [0.25, 0.3) is 11.8 Å². The number of primary amides is 1. The Morgan fingerprint density at radius 1 is 1.32 bits per heavy atom. The summed E-state index contributed by atoms with van der Waals surface area (Å²) < 4.78 is 0. The molecule has 0 bridgehead atoms. The van der Waals surface area contributed by atoms with Crippen LogP contribution in [0.15, 0.2) is 35.3 Å². The summed E-state index contributed by atoms with van der Waals surface area (Å²) in [6.07, 6.45) is 2.00. The first-order valence-corrected chi connectivity index (χ1v) is 6.35. The van der Waals surface area contributed by atoms with E-state index in [0.717, 1.165) is 24.9 Å². The molecule has 2 amide bonds. The number of nitrogens with two attached hydrogens (primary N) is 1. The highest BCUT2D eigenvalue weighted by molar-refractivity contribution is 6.40. The largest absolute Gasteiger partial charge is 0.365 e. The fourth-order valence-corrected chi connectivity index (χ4v) is 2.08. The summed E-state index contributed by atoms with van der Waals surface area (Å²) in [6, 6.07) is 9.10. The molecule has 19 heavy (non-hydrogen) atoms. The fourth-order valence-electron chi connectivity index (χ4n) is 2.08. The zero-order chi connectivity index (χ0) is 13.7. The summed E-state index contributed by atoms with van der Waals surface area (Å²) >= 11 is 0. The van der Waals surface area contributed by atoms with Crippen LogP contribution >= 0.6 is 0 Å². The number of nitrogens with zero attached hydrogens (tertiary/aromatic N) is 1. The number of hydrogen-bond donors (Lipinski definition) is 2. The average molecular weight is 259 g/mol. The summed E-state index contributed by atoms with van der Waals surface area (Å²) in [7, 11) is 0. The minimum atomic E-state index is -0.643. The molecule has 5 heteroatoms. The summed E-state index contributed by atoms with van der Waals surface area (Å²) in [6.45, 7) is 0.816. The molecule has 0 unspecified atom stereocenters. The van der Waals surface area contributed by atoms with Crippen LogP contribution < -0.4 is 11.1 Å². The first kappa shape index (κ1) is 13.4. The lowest BCUT2D eigenvalue weighted by Crippen LogP contribution is -2.33. The lowest BCUT2D eigenvalue weighted by atomic mass is 10.1. The summed E-state index contributed by atoms with van der Waals surface area (Å²) in [5.74, 6) is -0.947. The zero-order valence-electron chi connectivity index (χ0n) is 10.6. The van der Waals surface area contributed by atoms with Crippen molar-refractivity contribution in [2.24, 2.45) is 10.7 Å². The van der Waals surface area contributed by atoms with Gasteiger partial charge in [-0.05, 0) is 24.9 Å². The zero-order valence-corrected chi connectivity index (χ0v) is 10.6. The Labute approximate surface area is 111 Å². The van der Waals surface area contributed by atoms with E-state index in [2.05, 4.69) is 10.3 Å². The predicted molar refractivity (Wildman–Crippen MR) is 72.8 cm³/mol. The Morgan fingerprint density at radius 3 is 2.63 bits per heavy atom. The molecule has 1 aromatic rings. The lowest BCUT2D eigenvalue weighted by molar-refractivity contribution is -0.120. The highest BCUT2D eigenvalue weighted by Gasteiger charge is 2.22. The van der Waals surface area contributed by atoms with Crippen LogP contribution in [0.5, 0.6) is 0 Å². The van der Waals surface area contributed by atoms with E-state index < -0.39 is 5.91 Å². The third-order valence-electron chi connectivity index (χ3n) is 3.10. The number of nitrogens with one attached hydrogen (secondary N) is 1. The smallest absolute Gasteiger partial charge is 0.263 e. The van der Waals surface area contributed by atoms with Gasteiger partial charge in [0.2, 0.25) is 0 Å². The monoisotopic (exact) mass is 259 g/mol. The molecule has 1 fully saturated rings. The molecule has 1 heterocycles. The van der Waals surface area contributed by atoms with Gasteiger partial charge in [-0.15, -0.1) is 0 Å². The molecule has 1 aliphatic heterocycles. The van der Waals surface area contributed by atoms with Gasteiger partial charge < -0.3 is 11.1 Å². The van der Waals surface area contributed by atoms with Gasteiger partial charge in [0.15, 0.2) is 0 Å². The van der Waals surface area contributed by atoms with Crippen molar-refractivity contribution >= 4 is 17.5 Å². The van der Waals surface area contributed by atoms with Gasteiger partial charge in [0, 0.05) is 6.42 Å². The number of benzene rings is 1. The van der Waals surface area contributed by atoms with Gasteiger partial charge in [-0.25, -0.2) is 4.99 Å². The molecule has 3 N–H and O–H groups in total. The number of hydrogen-bond acceptors (Lipinski definition) is 3. The van der Waals surface area contributed by atoms with Crippen LogP contribution in [0.1, 0.15) is 18.4 Å². The van der Waals surface area contributed by atoms with Gasteiger partial charge in [0.1, 0.15) is 5.71 Å². The Hall–Kier alpha value is -2.01. The van der Waals surface area contributed by atoms with Crippen LogP contribution in [-0.4, -0.2) is 30.1 Å². The van der Waals surface area contributed by atoms with Crippen molar-refractivity contribution in [3.05, 3.63) is 35.9 Å². The summed E-state index contributed by atoms with van der Waals surface area (Å²) in [4.78, 5) is 27.2. The molecule has 1 aromatic carbocycles. The van der Waals surface area contributed by atoms with Gasteiger partial charge >= 0.3 is 0 Å². The van der Waals surface area contributed by atoms with Crippen molar-refractivity contribution in [2.75, 3.05) is 6.54 Å². The number of aliphatic imine (C=N–C) groups is 1. The Kier molecular flexibility index (Phi) is 4.41. The maximum Gasteiger partial charge on any atom is 0.263 e. The predicted octanol–water partition coefficient (Wildman–Crippen LogP) is 0.434. The number of amides is 2. The topological polar surface area (TPSA) is 84.6 Å². The molecule has 0 radical (unpaired) electrons. The fraction of sp³-hybridized carbons (Fsp3) is 0.357. The molecule has 0 spiro atoms. The van der Waals surface area contributed by atoms with Crippen LogP contribution in [0.25, 0.3) is 0 Å². The van der Waals surface area contributed by atoms with Gasteiger partial charge in [0.05, 0.1) is 6.04 Å². The molecule has 5 nitrogen and oxygen atoms in total. The third-order valence-corrected chi connectivity index (χ3v) is 3.10. The van der Waals surface area contributed by atoms with E-state index in [-0.39, 0.29) is 24.1 Å². The van der Waals surface area contributed by atoms with Crippen molar-refractivity contribution in [1.82, 2.24) is 5.32 Å². The van der Waals surface area contributed by atoms with Crippen molar-refractivity contribution in [3.8, 4) is 0 Å². The number of carbonyl (C=O) groups excluding carboxylic acids is 2. The van der Waals surface area contributed by atoms with Crippen LogP contribution in [0.4, 0.5) is 0 Å². The molecule has 1 atom stereocenters. The molecule has 1 saturated heterocycles. The second kappa shape index (κ2) is 6.24. The molecule has 1 aliphatic rings. The van der Waals surface area contributed by atoms with E-state index in [1.54, 1.807) is 0 Å². The standard InChI is InChI=1S/C14H17N3O2/c15-13(18)12(9-10-5-2-1-3-6-10)17-14(19)11-7-4-8-16-11/h1-3,5-6,11,16H,4,7-9H2,(H2,15,18)/t11-/m1/s1. The highest BCUT2D eigenvalue weighted by atomic mass is 16.2. The molecule has 0 aromatic heterocycles. The van der Waals surface area contributed by atoms with E-state index in [0.29, 0.717) is 0 Å². The lowest BCUT2D eigenvalue weighted by Gasteiger charge is -2.07. The average Bonchev–Trinajstić information content (AvgIpc) is 2.93. The van der Waals surface area contributed by atoms with Crippen molar-refractivity contribution < 1.29 is 9.59 Å². The maximum absolute atomic E-state index is 11.9. The van der Waals surface area contributed by atoms with Crippen LogP contribution in [0.2, 0.25) is 0 Å². The second-order valence-corrected chi connectivity index (χ2v) is 4.57. The van der Waals surface area contributed by atoms with Gasteiger partial charge in [-0.3, -0.25) is 9.59 Å².